The van der Waals surface area contributed by atoms with E-state index in [4.69, 9.17) is 14.5 Å². The molecule has 2 aromatic heterocycles. The molecule has 6 heteroatoms. The van der Waals surface area contributed by atoms with Gasteiger partial charge in [-0.2, -0.15) is 4.98 Å². The summed E-state index contributed by atoms with van der Waals surface area (Å²) in [6, 6.07) is 11.1. The molecule has 0 bridgehead atoms. The maximum Gasteiger partial charge on any atom is 0.223 e. The van der Waals surface area contributed by atoms with Gasteiger partial charge in [0.25, 0.3) is 0 Å². The van der Waals surface area contributed by atoms with Crippen LogP contribution in [-0.4, -0.2) is 44.9 Å². The van der Waals surface area contributed by atoms with Crippen molar-refractivity contribution in [1.82, 2.24) is 14.5 Å². The Kier molecular flexibility index (Phi) is 5.36. The van der Waals surface area contributed by atoms with Gasteiger partial charge >= 0.3 is 0 Å². The number of rotatable bonds is 4. The average Bonchev–Trinajstić information content (AvgIpc) is 3.27. The highest BCUT2D eigenvalue weighted by atomic mass is 16.5. The molecule has 0 spiro atoms. The topological polar surface area (TPSA) is 52.4 Å². The first-order chi connectivity index (χ1) is 15.3. The molecule has 0 atom stereocenters. The lowest BCUT2D eigenvalue weighted by Crippen LogP contribution is -2.57. The Bertz CT molecular complexity index is 1050. The minimum Gasteiger partial charge on any atom is -0.474 e. The van der Waals surface area contributed by atoms with E-state index in [1.807, 2.05) is 12.5 Å². The number of anilines is 1. The molecule has 1 saturated carbocycles. The maximum absolute atomic E-state index is 6.58. The van der Waals surface area contributed by atoms with Crippen molar-refractivity contribution >= 4 is 16.6 Å². The fourth-order valence-electron chi connectivity index (χ4n) is 5.46. The van der Waals surface area contributed by atoms with Gasteiger partial charge in [-0.15, -0.1) is 0 Å². The molecule has 2 fully saturated rings. The van der Waals surface area contributed by atoms with Crippen LogP contribution in [0.15, 0.2) is 49.1 Å². The van der Waals surface area contributed by atoms with Crippen LogP contribution in [0.1, 0.15) is 59.4 Å². The number of hydrogen-bond acceptors (Lipinski definition) is 5. The van der Waals surface area contributed by atoms with E-state index in [9.17, 15) is 0 Å². The van der Waals surface area contributed by atoms with Crippen LogP contribution in [0.3, 0.4) is 0 Å². The number of ether oxygens (including phenoxy) is 2. The number of nitrogens with zero attached hydrogens (tertiary/aromatic N) is 4. The summed E-state index contributed by atoms with van der Waals surface area (Å²) >= 11 is 0. The first-order valence-corrected chi connectivity index (χ1v) is 11.8. The summed E-state index contributed by atoms with van der Waals surface area (Å²) in [6.45, 7) is 10.2. The molecule has 3 heterocycles. The summed E-state index contributed by atoms with van der Waals surface area (Å²) < 4.78 is 15.1. The zero-order valence-corrected chi connectivity index (χ0v) is 19.6. The summed E-state index contributed by atoms with van der Waals surface area (Å²) in [6.07, 6.45) is 10.3. The first-order valence-electron chi connectivity index (χ1n) is 11.8. The molecule has 0 N–H and O–H groups in total. The van der Waals surface area contributed by atoms with Crippen LogP contribution in [0.5, 0.6) is 5.88 Å². The number of aromatic nitrogens is 3. The smallest absolute Gasteiger partial charge is 0.223 e. The van der Waals surface area contributed by atoms with Crippen molar-refractivity contribution in [2.24, 2.45) is 0 Å². The maximum atomic E-state index is 6.58. The second-order valence-corrected chi connectivity index (χ2v) is 10.5. The Hall–Kier alpha value is -2.60. The highest BCUT2D eigenvalue weighted by molar-refractivity contribution is 5.89. The Labute approximate surface area is 190 Å². The van der Waals surface area contributed by atoms with E-state index in [0.717, 1.165) is 55.9 Å². The minimum atomic E-state index is -0.234. The molecule has 0 unspecified atom stereocenters. The van der Waals surface area contributed by atoms with Crippen LogP contribution in [-0.2, 0) is 4.74 Å². The molecule has 1 aromatic carbocycles. The number of pyridine rings is 1. The molecule has 6 nitrogen and oxygen atoms in total. The first kappa shape index (κ1) is 21.3. The molecule has 0 amide bonds. The van der Waals surface area contributed by atoms with Crippen molar-refractivity contribution in [3.63, 3.8) is 0 Å². The molecule has 0 radical (unpaired) electrons. The zero-order valence-electron chi connectivity index (χ0n) is 19.6. The van der Waals surface area contributed by atoms with Gasteiger partial charge in [0.1, 0.15) is 11.9 Å². The fourth-order valence-corrected chi connectivity index (χ4v) is 5.46. The zero-order chi connectivity index (χ0) is 22.3. The number of hydrogen-bond donors (Lipinski definition) is 0. The molecule has 2 aliphatic rings. The molecule has 5 rings (SSSR count). The number of imidazole rings is 1. The highest BCUT2D eigenvalue weighted by Gasteiger charge is 2.39. The number of fused-ring (bicyclic) bond motifs is 1. The van der Waals surface area contributed by atoms with Crippen LogP contribution in [0.25, 0.3) is 10.8 Å². The molecule has 1 aliphatic heterocycles. The standard InChI is InChI=1S/C26H34N4O2/c1-25(2)16-30(17-26(3,4)32-25)23-15-19-7-5-6-8-22(19)24(28-23)31-21-11-9-20(10-12-21)29-14-13-27-18-29/h5-8,13-15,18,20-21H,9-12,16-17H2,1-4H3/t20-,21+. The van der Waals surface area contributed by atoms with Gasteiger partial charge in [0.2, 0.25) is 5.88 Å². The van der Waals surface area contributed by atoms with E-state index < -0.39 is 0 Å². The second-order valence-electron chi connectivity index (χ2n) is 10.5. The van der Waals surface area contributed by atoms with Gasteiger partial charge in [0.15, 0.2) is 0 Å². The highest BCUT2D eigenvalue weighted by Crippen LogP contribution is 2.36. The molecule has 1 aliphatic carbocycles. The normalized spacial score (nSPS) is 25.1. The molecular weight excluding hydrogens is 400 g/mol. The van der Waals surface area contributed by atoms with E-state index in [-0.39, 0.29) is 17.3 Å². The lowest BCUT2D eigenvalue weighted by molar-refractivity contribution is -0.133. The number of morpholine rings is 1. The number of benzene rings is 1. The summed E-state index contributed by atoms with van der Waals surface area (Å²) in [7, 11) is 0. The van der Waals surface area contributed by atoms with Gasteiger partial charge in [0.05, 0.1) is 17.5 Å². The summed E-state index contributed by atoms with van der Waals surface area (Å²) in [5, 5.41) is 2.25. The van der Waals surface area contributed by atoms with Crippen LogP contribution in [0, 0.1) is 0 Å². The van der Waals surface area contributed by atoms with Gasteiger partial charge in [-0.1, -0.05) is 18.2 Å². The molecular formula is C26H34N4O2. The van der Waals surface area contributed by atoms with Gasteiger partial charge in [-0.05, 0) is 70.9 Å². The third-order valence-electron chi connectivity index (χ3n) is 6.58. The summed E-state index contributed by atoms with van der Waals surface area (Å²) in [5.41, 5.74) is -0.469. The molecule has 1 saturated heterocycles. The average molecular weight is 435 g/mol. The van der Waals surface area contributed by atoms with Crippen molar-refractivity contribution in [3.05, 3.63) is 49.1 Å². The lowest BCUT2D eigenvalue weighted by atomic mass is 9.93. The van der Waals surface area contributed by atoms with Gasteiger partial charge < -0.3 is 18.9 Å². The van der Waals surface area contributed by atoms with Crippen molar-refractivity contribution in [2.75, 3.05) is 18.0 Å². The van der Waals surface area contributed by atoms with E-state index in [2.05, 4.69) is 78.7 Å². The monoisotopic (exact) mass is 434 g/mol. The van der Waals surface area contributed by atoms with Crippen molar-refractivity contribution in [3.8, 4) is 5.88 Å². The molecule has 3 aromatic rings. The third-order valence-corrected chi connectivity index (χ3v) is 6.58. The second kappa shape index (κ2) is 8.07. The Morgan fingerprint density at radius 3 is 2.41 bits per heavy atom. The predicted molar refractivity (Wildman–Crippen MR) is 127 cm³/mol. The largest absolute Gasteiger partial charge is 0.474 e. The van der Waals surface area contributed by atoms with Crippen LogP contribution in [0.2, 0.25) is 0 Å². The Balaban J connectivity index is 1.39. The van der Waals surface area contributed by atoms with Gasteiger partial charge in [-0.25, -0.2) is 4.98 Å². The fraction of sp³-hybridized carbons (Fsp3) is 0.538. The van der Waals surface area contributed by atoms with Gasteiger partial charge in [-0.3, -0.25) is 0 Å². The van der Waals surface area contributed by atoms with Crippen molar-refractivity contribution in [2.45, 2.75) is 76.7 Å². The quantitative estimate of drug-likeness (QED) is 0.551. The summed E-state index contributed by atoms with van der Waals surface area (Å²) in [4.78, 5) is 11.6. The lowest BCUT2D eigenvalue weighted by Gasteiger charge is -2.47. The van der Waals surface area contributed by atoms with E-state index in [1.54, 1.807) is 0 Å². The van der Waals surface area contributed by atoms with E-state index in [1.165, 1.54) is 5.39 Å². The Morgan fingerprint density at radius 2 is 1.72 bits per heavy atom. The molecule has 170 valence electrons. The SMILES string of the molecule is CC1(C)CN(c2cc3ccccc3c(O[C@H]3CC[C@@H](n4ccnc4)CC3)n2)CC(C)(C)O1. The van der Waals surface area contributed by atoms with Crippen molar-refractivity contribution in [1.29, 1.82) is 0 Å². The molecule has 32 heavy (non-hydrogen) atoms. The van der Waals surface area contributed by atoms with E-state index in [0.29, 0.717) is 6.04 Å². The van der Waals surface area contributed by atoms with Crippen LogP contribution in [0.4, 0.5) is 5.82 Å². The Morgan fingerprint density at radius 1 is 1.00 bits per heavy atom. The predicted octanol–water partition coefficient (Wildman–Crippen LogP) is 5.39. The van der Waals surface area contributed by atoms with Crippen LogP contribution >= 0.6 is 0 Å². The van der Waals surface area contributed by atoms with E-state index >= 15 is 0 Å². The van der Waals surface area contributed by atoms with Crippen LogP contribution < -0.4 is 9.64 Å². The third kappa shape index (κ3) is 4.46. The van der Waals surface area contributed by atoms with Crippen molar-refractivity contribution < 1.29 is 9.47 Å². The van der Waals surface area contributed by atoms with Gasteiger partial charge in [0, 0.05) is 36.9 Å². The minimum absolute atomic E-state index is 0.193. The summed E-state index contributed by atoms with van der Waals surface area (Å²) in [5.74, 6) is 1.72.